The molecule has 1 nitrogen and oxygen atoms in total. The molecule has 0 unspecified atom stereocenters. The number of hydrogen-bond acceptors (Lipinski definition) is 2. The van der Waals surface area contributed by atoms with Gasteiger partial charge in [-0.15, -0.1) is 0 Å². The summed E-state index contributed by atoms with van der Waals surface area (Å²) in [5.74, 6) is 0. The molecule has 8 heavy (non-hydrogen) atoms. The highest BCUT2D eigenvalue weighted by Gasteiger charge is 1.94. The molecule has 0 aliphatic carbocycles. The van der Waals surface area contributed by atoms with Gasteiger partial charge < -0.3 is 0 Å². The third-order valence-electron chi connectivity index (χ3n) is 1.04. The van der Waals surface area contributed by atoms with Crippen LogP contribution in [0.5, 0.6) is 0 Å². The molecule has 0 bridgehead atoms. The molecule has 40 valence electrons. The Hall–Kier alpha value is -0.305. The highest BCUT2D eigenvalue weighted by Crippen LogP contribution is 2.06. The highest BCUT2D eigenvalue weighted by molar-refractivity contribution is 7.03. The predicted molar refractivity (Wildman–Crippen MR) is 36.3 cm³/mol. The molecule has 0 amide bonds. The van der Waals surface area contributed by atoms with Crippen LogP contribution in [-0.2, 0) is 6.32 Å². The van der Waals surface area contributed by atoms with E-state index >= 15 is 0 Å². The van der Waals surface area contributed by atoms with Crippen molar-refractivity contribution in [3.63, 3.8) is 0 Å². The summed E-state index contributed by atoms with van der Waals surface area (Å²) in [4.78, 5) is 0. The Morgan fingerprint density at radius 2 is 2.62 bits per heavy atom. The smallest absolute Gasteiger partial charge is 0.0738 e. The third kappa shape index (κ3) is 0.918. The molecule has 0 spiro atoms. The van der Waals surface area contributed by atoms with Crippen LogP contribution in [-0.4, -0.2) is 12.2 Å². The normalized spacial score (nSPS) is 9.62. The molecule has 1 heterocycles. The Morgan fingerprint density at radius 3 is 2.88 bits per heavy atom. The van der Waals surface area contributed by atoms with Crippen LogP contribution >= 0.6 is 11.5 Å². The largest absolute Gasteiger partial charge is 0.198 e. The van der Waals surface area contributed by atoms with E-state index in [1.165, 1.54) is 17.1 Å². The average molecular weight is 123 g/mol. The summed E-state index contributed by atoms with van der Waals surface area (Å²) in [6.45, 7) is 2.02. The number of aromatic nitrogens is 1. The lowest BCUT2D eigenvalue weighted by Gasteiger charge is -1.85. The van der Waals surface area contributed by atoms with Gasteiger partial charge >= 0.3 is 0 Å². The first-order valence-electron chi connectivity index (χ1n) is 2.44. The second-order valence-corrected chi connectivity index (χ2v) is 2.28. The van der Waals surface area contributed by atoms with Crippen LogP contribution < -0.4 is 0 Å². The van der Waals surface area contributed by atoms with E-state index in [-0.39, 0.29) is 0 Å². The van der Waals surface area contributed by atoms with Gasteiger partial charge in [0.05, 0.1) is 7.85 Å². The Kier molecular flexibility index (Phi) is 1.68. The van der Waals surface area contributed by atoms with E-state index in [0.29, 0.717) is 6.32 Å². The van der Waals surface area contributed by atoms with Crippen LogP contribution in [0.15, 0.2) is 5.38 Å². The topological polar surface area (TPSA) is 12.9 Å². The Balaban J connectivity index is 2.92. The van der Waals surface area contributed by atoms with Crippen LogP contribution in [0.3, 0.4) is 0 Å². The molecule has 1 aromatic heterocycles. The molecular weight excluding hydrogens is 117 g/mol. The summed E-state index contributed by atoms with van der Waals surface area (Å²) >= 11 is 1.46. The molecule has 0 aliphatic rings. The fraction of sp³-hybridized carbons (Fsp3) is 0.400. The van der Waals surface area contributed by atoms with Crippen molar-refractivity contribution in [2.45, 2.75) is 13.2 Å². The van der Waals surface area contributed by atoms with Gasteiger partial charge in [0.25, 0.3) is 0 Å². The lowest BCUT2D eigenvalue weighted by Crippen LogP contribution is -1.84. The van der Waals surface area contributed by atoms with Crippen molar-refractivity contribution in [3.8, 4) is 0 Å². The van der Waals surface area contributed by atoms with Crippen molar-refractivity contribution in [2.75, 3.05) is 0 Å². The molecule has 0 saturated heterocycles. The summed E-state index contributed by atoms with van der Waals surface area (Å²) in [6, 6.07) is 0. The lowest BCUT2D eigenvalue weighted by molar-refractivity contribution is 1.23. The molecular formula is C5H6BNS. The first-order valence-corrected chi connectivity index (χ1v) is 3.28. The van der Waals surface area contributed by atoms with Crippen LogP contribution in [0.1, 0.15) is 11.3 Å². The quantitative estimate of drug-likeness (QED) is 0.510. The average Bonchev–Trinajstić information content (AvgIpc) is 2.14. The second kappa shape index (κ2) is 2.31. The molecule has 2 radical (unpaired) electrons. The summed E-state index contributed by atoms with van der Waals surface area (Å²) < 4.78 is 4.05. The Morgan fingerprint density at radius 1 is 1.88 bits per heavy atom. The van der Waals surface area contributed by atoms with E-state index in [4.69, 9.17) is 7.85 Å². The first-order chi connectivity index (χ1) is 3.84. The molecule has 0 aromatic carbocycles. The van der Waals surface area contributed by atoms with E-state index in [1.54, 1.807) is 0 Å². The maximum absolute atomic E-state index is 5.34. The summed E-state index contributed by atoms with van der Waals surface area (Å²) in [5.41, 5.74) is 2.23. The SMILES string of the molecule is [B]Cc1nscc1C. The van der Waals surface area contributed by atoms with Gasteiger partial charge in [-0.25, -0.2) is 0 Å². The molecule has 1 aromatic rings. The number of nitrogens with zero attached hydrogens (tertiary/aromatic N) is 1. The minimum absolute atomic E-state index is 0.565. The van der Waals surface area contributed by atoms with E-state index < -0.39 is 0 Å². The minimum Gasteiger partial charge on any atom is -0.198 e. The molecule has 0 N–H and O–H groups in total. The monoisotopic (exact) mass is 123 g/mol. The second-order valence-electron chi connectivity index (χ2n) is 1.65. The van der Waals surface area contributed by atoms with Crippen LogP contribution in [0.4, 0.5) is 0 Å². The number of aryl methyl sites for hydroxylation is 1. The lowest BCUT2D eigenvalue weighted by atomic mass is 10.0. The van der Waals surface area contributed by atoms with Gasteiger partial charge in [-0.3, -0.25) is 0 Å². The van der Waals surface area contributed by atoms with Crippen LogP contribution in [0, 0.1) is 6.92 Å². The molecule has 0 aliphatic heterocycles. The van der Waals surface area contributed by atoms with Crippen molar-refractivity contribution in [3.05, 3.63) is 16.6 Å². The van der Waals surface area contributed by atoms with Crippen molar-refractivity contribution in [1.29, 1.82) is 0 Å². The highest BCUT2D eigenvalue weighted by atomic mass is 32.1. The fourth-order valence-electron chi connectivity index (χ4n) is 0.507. The number of hydrogen-bond donors (Lipinski definition) is 0. The summed E-state index contributed by atoms with van der Waals surface area (Å²) in [6.07, 6.45) is 0.565. The molecule has 0 fully saturated rings. The molecule has 0 saturated carbocycles. The van der Waals surface area contributed by atoms with Gasteiger partial charge in [0, 0.05) is 11.1 Å². The fourth-order valence-corrected chi connectivity index (χ4v) is 1.20. The minimum atomic E-state index is 0.565. The first kappa shape index (κ1) is 5.82. The van der Waals surface area contributed by atoms with Crippen molar-refractivity contribution < 1.29 is 0 Å². The van der Waals surface area contributed by atoms with E-state index in [1.807, 2.05) is 12.3 Å². The van der Waals surface area contributed by atoms with E-state index in [9.17, 15) is 0 Å². The zero-order valence-electron chi connectivity index (χ0n) is 4.72. The summed E-state index contributed by atoms with van der Waals surface area (Å²) in [7, 11) is 5.34. The Bertz CT molecular complexity index is 173. The van der Waals surface area contributed by atoms with Crippen molar-refractivity contribution in [1.82, 2.24) is 4.37 Å². The van der Waals surface area contributed by atoms with Crippen molar-refractivity contribution >= 4 is 19.4 Å². The van der Waals surface area contributed by atoms with Gasteiger partial charge in [-0.05, 0) is 30.3 Å². The van der Waals surface area contributed by atoms with Gasteiger partial charge in [-0.2, -0.15) is 4.37 Å². The Labute approximate surface area is 54.3 Å². The molecule has 1 rings (SSSR count). The zero-order chi connectivity index (χ0) is 5.98. The van der Waals surface area contributed by atoms with Crippen LogP contribution in [0.25, 0.3) is 0 Å². The third-order valence-corrected chi connectivity index (χ3v) is 1.83. The van der Waals surface area contributed by atoms with Gasteiger partial charge in [-0.1, -0.05) is 0 Å². The predicted octanol–water partition coefficient (Wildman–Crippen LogP) is 1.12. The summed E-state index contributed by atoms with van der Waals surface area (Å²) in [5, 5.41) is 2.00. The van der Waals surface area contributed by atoms with Crippen LogP contribution in [0.2, 0.25) is 0 Å². The standard InChI is InChI=1S/C5H6BNS/c1-4-3-8-7-5(4)2-6/h3H,2H2,1H3. The van der Waals surface area contributed by atoms with Crippen molar-refractivity contribution in [2.24, 2.45) is 0 Å². The van der Waals surface area contributed by atoms with E-state index in [2.05, 4.69) is 4.37 Å². The maximum atomic E-state index is 5.34. The number of rotatable bonds is 1. The van der Waals surface area contributed by atoms with Gasteiger partial charge in [0.2, 0.25) is 0 Å². The molecule has 0 atom stereocenters. The van der Waals surface area contributed by atoms with Gasteiger partial charge in [0.15, 0.2) is 0 Å². The van der Waals surface area contributed by atoms with E-state index in [0.717, 1.165) is 5.69 Å². The van der Waals surface area contributed by atoms with Gasteiger partial charge in [0.1, 0.15) is 0 Å². The molecule has 3 heteroatoms. The maximum Gasteiger partial charge on any atom is 0.0738 e. The zero-order valence-corrected chi connectivity index (χ0v) is 5.53.